The van der Waals surface area contributed by atoms with Crippen molar-refractivity contribution in [3.8, 4) is 0 Å². The highest BCUT2D eigenvalue weighted by Crippen LogP contribution is 2.38. The molecule has 2 unspecified atom stereocenters. The highest BCUT2D eigenvalue weighted by Gasteiger charge is 2.45. The third-order valence-electron chi connectivity index (χ3n) is 8.02. The Hall–Kier alpha value is -1.79. The topological polar surface area (TPSA) is 64.2 Å². The van der Waals surface area contributed by atoms with E-state index in [0.717, 1.165) is 51.7 Å². The highest BCUT2D eigenvalue weighted by atomic mass is 16.2. The van der Waals surface area contributed by atoms with Crippen LogP contribution in [0.3, 0.4) is 0 Å². The Balaban J connectivity index is 1.17. The summed E-state index contributed by atoms with van der Waals surface area (Å²) in [5, 5.41) is 0. The van der Waals surface area contributed by atoms with Gasteiger partial charge in [-0.2, -0.15) is 0 Å². The lowest BCUT2D eigenvalue weighted by molar-refractivity contribution is -0.144. The highest BCUT2D eigenvalue weighted by molar-refractivity contribution is 5.80. The maximum atomic E-state index is 13.2. The van der Waals surface area contributed by atoms with Crippen LogP contribution in [0.5, 0.6) is 0 Å². The number of carbonyl (C=O) groups excluding carboxylic acids is 3. The van der Waals surface area contributed by atoms with Gasteiger partial charge in [0.2, 0.25) is 11.8 Å². The number of hydrogen-bond donors (Lipinski definition) is 0. The molecule has 4 aliphatic heterocycles. The van der Waals surface area contributed by atoms with Crippen molar-refractivity contribution < 1.29 is 14.4 Å². The zero-order valence-electron chi connectivity index (χ0n) is 17.4. The van der Waals surface area contributed by atoms with Crippen LogP contribution in [0.25, 0.3) is 0 Å². The van der Waals surface area contributed by atoms with E-state index < -0.39 is 0 Å². The number of piperazine rings is 1. The van der Waals surface area contributed by atoms with Crippen molar-refractivity contribution in [2.24, 2.45) is 17.8 Å². The maximum absolute atomic E-state index is 13.2. The minimum absolute atomic E-state index is 0.142. The Bertz CT molecular complexity index is 669. The Morgan fingerprint density at radius 2 is 1.52 bits per heavy atom. The number of hydrogen-bond acceptors (Lipinski definition) is 3. The molecule has 5 rings (SSSR count). The van der Waals surface area contributed by atoms with Gasteiger partial charge in [-0.3, -0.25) is 9.59 Å². The average molecular weight is 403 g/mol. The van der Waals surface area contributed by atoms with Gasteiger partial charge in [-0.05, 0) is 43.9 Å². The number of nitrogens with zero attached hydrogens (tertiary/aromatic N) is 4. The first-order valence-electron chi connectivity index (χ1n) is 11.7. The summed E-state index contributed by atoms with van der Waals surface area (Å²) >= 11 is 0. The Labute approximate surface area is 173 Å². The number of likely N-dealkylation sites (tertiary alicyclic amines) is 1. The summed E-state index contributed by atoms with van der Waals surface area (Å²) in [5.74, 6) is 1.70. The molecule has 7 heteroatoms. The summed E-state index contributed by atoms with van der Waals surface area (Å²) in [5.41, 5.74) is 0. The summed E-state index contributed by atoms with van der Waals surface area (Å²) in [7, 11) is 0. The van der Waals surface area contributed by atoms with E-state index in [1.807, 2.05) is 14.7 Å². The molecule has 4 amide bonds. The molecule has 1 saturated carbocycles. The summed E-state index contributed by atoms with van der Waals surface area (Å²) in [4.78, 5) is 46.3. The van der Waals surface area contributed by atoms with Crippen molar-refractivity contribution in [1.82, 2.24) is 19.6 Å². The van der Waals surface area contributed by atoms with Crippen LogP contribution in [-0.2, 0) is 9.59 Å². The van der Waals surface area contributed by atoms with Crippen LogP contribution in [0.15, 0.2) is 0 Å². The third kappa shape index (κ3) is 3.61. The first-order valence-corrected chi connectivity index (χ1v) is 11.7. The molecule has 0 aromatic rings. The quantitative estimate of drug-likeness (QED) is 0.672. The summed E-state index contributed by atoms with van der Waals surface area (Å²) in [6.45, 7) is 5.03. The second-order valence-electron chi connectivity index (χ2n) is 9.85. The lowest BCUT2D eigenvalue weighted by Crippen LogP contribution is -2.63. The van der Waals surface area contributed by atoms with E-state index in [4.69, 9.17) is 0 Å². The van der Waals surface area contributed by atoms with Crippen LogP contribution >= 0.6 is 0 Å². The van der Waals surface area contributed by atoms with E-state index >= 15 is 0 Å². The maximum Gasteiger partial charge on any atom is 0.320 e. The van der Waals surface area contributed by atoms with Crippen molar-refractivity contribution in [3.63, 3.8) is 0 Å². The van der Waals surface area contributed by atoms with Gasteiger partial charge in [0.05, 0.1) is 0 Å². The second kappa shape index (κ2) is 7.80. The molecule has 3 atom stereocenters. The van der Waals surface area contributed by atoms with Crippen molar-refractivity contribution >= 4 is 17.8 Å². The first-order chi connectivity index (χ1) is 14.1. The Morgan fingerprint density at radius 3 is 2.28 bits per heavy atom. The van der Waals surface area contributed by atoms with Gasteiger partial charge < -0.3 is 19.6 Å². The van der Waals surface area contributed by atoms with Crippen molar-refractivity contribution in [2.75, 3.05) is 45.8 Å². The van der Waals surface area contributed by atoms with E-state index in [-0.39, 0.29) is 11.9 Å². The van der Waals surface area contributed by atoms with Crippen LogP contribution in [0, 0.1) is 17.8 Å². The number of urea groups is 1. The predicted molar refractivity (Wildman–Crippen MR) is 108 cm³/mol. The van der Waals surface area contributed by atoms with Gasteiger partial charge >= 0.3 is 6.03 Å². The zero-order chi connectivity index (χ0) is 20.0. The van der Waals surface area contributed by atoms with E-state index in [2.05, 4.69) is 4.90 Å². The van der Waals surface area contributed by atoms with Gasteiger partial charge in [0.25, 0.3) is 0 Å². The number of amides is 4. The normalized spacial score (nSPS) is 33.1. The molecular weight excluding hydrogens is 368 g/mol. The van der Waals surface area contributed by atoms with Crippen LogP contribution < -0.4 is 0 Å². The SMILES string of the molecule is O=C(C1CCCC1)N1CCN(C(=O)N2CC3CC(C2)[C@H]2CCCC(=O)N2C3)CC1. The first kappa shape index (κ1) is 19.2. The standard InChI is InChI=1S/C22H34N4O3/c27-20-7-3-6-19-18-12-16(14-26(19)20)13-25(15-18)22(29)24-10-8-23(9-11-24)21(28)17-4-1-2-5-17/h16-19H,1-15H2/t16?,18?,19-/m1/s1. The van der Waals surface area contributed by atoms with Crippen LogP contribution in [0.4, 0.5) is 4.79 Å². The van der Waals surface area contributed by atoms with Gasteiger partial charge in [-0.25, -0.2) is 4.79 Å². The monoisotopic (exact) mass is 402 g/mol. The Kier molecular flexibility index (Phi) is 5.16. The van der Waals surface area contributed by atoms with Gasteiger partial charge in [-0.15, -0.1) is 0 Å². The molecule has 2 bridgehead atoms. The molecule has 0 aromatic heterocycles. The summed E-state index contributed by atoms with van der Waals surface area (Å²) in [6, 6.07) is 0.479. The third-order valence-corrected chi connectivity index (χ3v) is 8.02. The van der Waals surface area contributed by atoms with Crippen molar-refractivity contribution in [2.45, 2.75) is 57.4 Å². The number of rotatable bonds is 1. The number of fused-ring (bicyclic) bond motifs is 4. The molecule has 7 nitrogen and oxygen atoms in total. The lowest BCUT2D eigenvalue weighted by atomic mass is 9.76. The van der Waals surface area contributed by atoms with Gasteiger partial charge in [0.1, 0.15) is 0 Å². The number of carbonyl (C=O) groups is 3. The molecule has 0 aromatic carbocycles. The second-order valence-corrected chi connectivity index (χ2v) is 9.85. The van der Waals surface area contributed by atoms with Crippen molar-refractivity contribution in [3.05, 3.63) is 0 Å². The average Bonchev–Trinajstić information content (AvgIpc) is 3.28. The van der Waals surface area contributed by atoms with E-state index in [0.29, 0.717) is 62.3 Å². The Morgan fingerprint density at radius 1 is 0.793 bits per heavy atom. The molecule has 4 saturated heterocycles. The smallest absolute Gasteiger partial charge is 0.320 e. The minimum atomic E-state index is 0.142. The summed E-state index contributed by atoms with van der Waals surface area (Å²) < 4.78 is 0. The fraction of sp³-hybridized carbons (Fsp3) is 0.864. The van der Waals surface area contributed by atoms with Gasteiger partial charge in [-0.1, -0.05) is 12.8 Å². The van der Waals surface area contributed by atoms with Gasteiger partial charge in [0, 0.05) is 64.2 Å². The predicted octanol–water partition coefficient (Wildman–Crippen LogP) is 1.77. The molecule has 0 N–H and O–H groups in total. The fourth-order valence-corrected chi connectivity index (χ4v) is 6.52. The molecule has 29 heavy (non-hydrogen) atoms. The molecule has 5 aliphatic rings. The molecule has 4 heterocycles. The molecule has 160 valence electrons. The minimum Gasteiger partial charge on any atom is -0.339 e. The lowest BCUT2D eigenvalue weighted by Gasteiger charge is -2.53. The van der Waals surface area contributed by atoms with Gasteiger partial charge in [0.15, 0.2) is 0 Å². The molecule has 0 spiro atoms. The van der Waals surface area contributed by atoms with E-state index in [1.54, 1.807) is 0 Å². The molecule has 5 fully saturated rings. The summed E-state index contributed by atoms with van der Waals surface area (Å²) in [6.07, 6.45) is 8.36. The van der Waals surface area contributed by atoms with Crippen molar-refractivity contribution in [1.29, 1.82) is 0 Å². The van der Waals surface area contributed by atoms with Crippen LogP contribution in [-0.4, -0.2) is 89.3 Å². The number of piperidine rings is 3. The molecule has 0 radical (unpaired) electrons. The van der Waals surface area contributed by atoms with Crippen LogP contribution in [0.2, 0.25) is 0 Å². The van der Waals surface area contributed by atoms with E-state index in [1.165, 1.54) is 12.8 Å². The fourth-order valence-electron chi connectivity index (χ4n) is 6.52. The zero-order valence-corrected chi connectivity index (χ0v) is 17.4. The van der Waals surface area contributed by atoms with E-state index in [9.17, 15) is 14.4 Å². The largest absolute Gasteiger partial charge is 0.339 e. The molecule has 1 aliphatic carbocycles. The van der Waals surface area contributed by atoms with Crippen LogP contribution in [0.1, 0.15) is 51.4 Å². The molecular formula is C22H34N4O3.